The Bertz CT molecular complexity index is 141. The lowest BCUT2D eigenvalue weighted by Gasteiger charge is -2.20. The fraction of sp³-hybridized carbons (Fsp3) is 1.00. The third kappa shape index (κ3) is 27.2. The van der Waals surface area contributed by atoms with E-state index in [9.17, 15) is 0 Å². The van der Waals surface area contributed by atoms with Gasteiger partial charge in [-0.15, -0.1) is 0 Å². The van der Waals surface area contributed by atoms with Crippen LogP contribution < -0.4 is 0 Å². The Kier molecular flexibility index (Phi) is 22.5. The molecule has 0 aromatic rings. The lowest BCUT2D eigenvalue weighted by Crippen LogP contribution is -2.16. The summed E-state index contributed by atoms with van der Waals surface area (Å²) in [4.78, 5) is 0. The number of rotatable bonds is 7. The van der Waals surface area contributed by atoms with E-state index in [1.54, 1.807) is 21.3 Å². The molecular formula is C16H38O3. The molecule has 0 aliphatic rings. The summed E-state index contributed by atoms with van der Waals surface area (Å²) in [5.74, 6) is 0. The topological polar surface area (TPSA) is 27.7 Å². The van der Waals surface area contributed by atoms with Crippen LogP contribution in [0.1, 0.15) is 60.8 Å². The fourth-order valence-electron chi connectivity index (χ4n) is 0.864. The smallest absolute Gasteiger partial charge is 0.0540 e. The summed E-state index contributed by atoms with van der Waals surface area (Å²) in [6.07, 6.45) is 3.85. The summed E-state index contributed by atoms with van der Waals surface area (Å²) in [5.41, 5.74) is 0.370. The van der Waals surface area contributed by atoms with Gasteiger partial charge in [-0.25, -0.2) is 0 Å². The minimum absolute atomic E-state index is 0.370. The molecule has 0 N–H and O–H groups in total. The van der Waals surface area contributed by atoms with Crippen molar-refractivity contribution < 1.29 is 14.2 Å². The van der Waals surface area contributed by atoms with Crippen LogP contribution in [-0.4, -0.2) is 40.6 Å². The third-order valence-electron chi connectivity index (χ3n) is 2.88. The van der Waals surface area contributed by atoms with E-state index in [4.69, 9.17) is 14.2 Å². The Morgan fingerprint density at radius 2 is 1.47 bits per heavy atom. The van der Waals surface area contributed by atoms with Crippen LogP contribution in [0.5, 0.6) is 0 Å². The standard InChI is InChI=1S/C7H16O.C5H12O.C4H10O/c1-5-7(2,3)6-8-4;1-4-5(2)6-3;1-3-4-5-2/h5-6H2,1-4H3;5H,4H2,1-3H3;3-4H2,1-2H3. The molecule has 0 fully saturated rings. The van der Waals surface area contributed by atoms with E-state index in [2.05, 4.69) is 41.5 Å². The minimum Gasteiger partial charge on any atom is -0.385 e. The first-order valence-electron chi connectivity index (χ1n) is 7.35. The van der Waals surface area contributed by atoms with Crippen molar-refractivity contribution in [2.45, 2.75) is 66.9 Å². The second-order valence-electron chi connectivity index (χ2n) is 5.40. The van der Waals surface area contributed by atoms with E-state index in [-0.39, 0.29) is 0 Å². The molecule has 19 heavy (non-hydrogen) atoms. The van der Waals surface area contributed by atoms with Crippen LogP contribution in [0.2, 0.25) is 0 Å². The molecule has 1 unspecified atom stereocenters. The zero-order valence-electron chi connectivity index (χ0n) is 14.8. The molecule has 1 atom stereocenters. The number of ether oxygens (including phenoxy) is 3. The van der Waals surface area contributed by atoms with Gasteiger partial charge in [0, 0.05) is 27.9 Å². The Labute approximate surface area is 122 Å². The van der Waals surface area contributed by atoms with Crippen molar-refractivity contribution >= 4 is 0 Å². The number of hydrogen-bond donors (Lipinski definition) is 0. The van der Waals surface area contributed by atoms with Gasteiger partial charge >= 0.3 is 0 Å². The lowest BCUT2D eigenvalue weighted by molar-refractivity contribution is 0.102. The molecule has 0 aromatic carbocycles. The first-order chi connectivity index (χ1) is 8.84. The predicted octanol–water partition coefficient (Wildman–Crippen LogP) is 4.54. The lowest BCUT2D eigenvalue weighted by atomic mass is 9.92. The van der Waals surface area contributed by atoms with Gasteiger partial charge in [0.25, 0.3) is 0 Å². The molecule has 3 nitrogen and oxygen atoms in total. The third-order valence-corrected chi connectivity index (χ3v) is 2.88. The van der Waals surface area contributed by atoms with Gasteiger partial charge in [-0.1, -0.05) is 34.6 Å². The zero-order valence-corrected chi connectivity index (χ0v) is 14.8. The quantitative estimate of drug-likeness (QED) is 0.684. The van der Waals surface area contributed by atoms with Gasteiger partial charge < -0.3 is 14.2 Å². The minimum atomic E-state index is 0.370. The van der Waals surface area contributed by atoms with Crippen LogP contribution in [0.15, 0.2) is 0 Å². The highest BCUT2D eigenvalue weighted by atomic mass is 16.5. The molecule has 0 amide bonds. The molecule has 0 aliphatic heterocycles. The maximum Gasteiger partial charge on any atom is 0.0540 e. The first kappa shape index (κ1) is 23.9. The van der Waals surface area contributed by atoms with Gasteiger partial charge in [-0.3, -0.25) is 0 Å². The summed E-state index contributed by atoms with van der Waals surface area (Å²) in [6, 6.07) is 0. The highest BCUT2D eigenvalue weighted by molar-refractivity contribution is 4.63. The Morgan fingerprint density at radius 3 is 1.53 bits per heavy atom. The van der Waals surface area contributed by atoms with Crippen molar-refractivity contribution in [1.29, 1.82) is 0 Å². The average Bonchev–Trinajstić information content (AvgIpc) is 2.40. The van der Waals surface area contributed by atoms with E-state index in [1.807, 2.05) is 0 Å². The van der Waals surface area contributed by atoms with Crippen molar-refractivity contribution in [3.63, 3.8) is 0 Å². The normalized spacial score (nSPS) is 11.8. The van der Waals surface area contributed by atoms with E-state index in [0.29, 0.717) is 11.5 Å². The van der Waals surface area contributed by atoms with Gasteiger partial charge in [-0.2, -0.15) is 0 Å². The van der Waals surface area contributed by atoms with Crippen LogP contribution >= 0.6 is 0 Å². The summed E-state index contributed by atoms with van der Waals surface area (Å²) < 4.78 is 14.6. The van der Waals surface area contributed by atoms with Crippen LogP contribution in [-0.2, 0) is 14.2 Å². The van der Waals surface area contributed by atoms with Gasteiger partial charge in [0.1, 0.15) is 0 Å². The summed E-state index contributed by atoms with van der Waals surface area (Å²) in [5, 5.41) is 0. The molecule has 0 radical (unpaired) electrons. The average molecular weight is 278 g/mol. The van der Waals surface area contributed by atoms with E-state index >= 15 is 0 Å². The molecule has 0 heterocycles. The van der Waals surface area contributed by atoms with E-state index in [1.165, 1.54) is 6.42 Å². The second kappa shape index (κ2) is 17.9. The van der Waals surface area contributed by atoms with Crippen LogP contribution in [0.25, 0.3) is 0 Å². The highest BCUT2D eigenvalue weighted by Crippen LogP contribution is 2.18. The monoisotopic (exact) mass is 278 g/mol. The summed E-state index contributed by atoms with van der Waals surface area (Å²) in [7, 11) is 5.19. The van der Waals surface area contributed by atoms with Crippen molar-refractivity contribution in [2.75, 3.05) is 34.5 Å². The predicted molar refractivity (Wildman–Crippen MR) is 84.9 cm³/mol. The van der Waals surface area contributed by atoms with Crippen LogP contribution in [0.4, 0.5) is 0 Å². The number of methoxy groups -OCH3 is 3. The largest absolute Gasteiger partial charge is 0.385 e. The molecule has 0 spiro atoms. The summed E-state index contributed by atoms with van der Waals surface area (Å²) in [6.45, 7) is 14.6. The molecular weight excluding hydrogens is 240 g/mol. The molecule has 0 aliphatic carbocycles. The van der Waals surface area contributed by atoms with Gasteiger partial charge in [-0.05, 0) is 31.6 Å². The van der Waals surface area contributed by atoms with E-state index in [0.717, 1.165) is 26.1 Å². The van der Waals surface area contributed by atoms with Gasteiger partial charge in [0.2, 0.25) is 0 Å². The van der Waals surface area contributed by atoms with Crippen molar-refractivity contribution in [1.82, 2.24) is 0 Å². The zero-order chi connectivity index (χ0) is 15.7. The molecule has 0 rings (SSSR count). The van der Waals surface area contributed by atoms with Crippen LogP contribution in [0.3, 0.4) is 0 Å². The highest BCUT2D eigenvalue weighted by Gasteiger charge is 2.13. The molecule has 0 bridgehead atoms. The van der Waals surface area contributed by atoms with Crippen molar-refractivity contribution in [2.24, 2.45) is 5.41 Å². The second-order valence-corrected chi connectivity index (χ2v) is 5.40. The first-order valence-corrected chi connectivity index (χ1v) is 7.35. The maximum absolute atomic E-state index is 5.00. The van der Waals surface area contributed by atoms with Gasteiger partial charge in [0.15, 0.2) is 0 Å². The Balaban J connectivity index is -0.000000209. The molecule has 0 saturated heterocycles. The SMILES string of the molecule is CCC(C)(C)COC.CCC(C)OC.CCCOC. The Hall–Kier alpha value is -0.120. The Morgan fingerprint density at radius 1 is 0.947 bits per heavy atom. The molecule has 0 aromatic heterocycles. The van der Waals surface area contributed by atoms with E-state index < -0.39 is 0 Å². The number of hydrogen-bond acceptors (Lipinski definition) is 3. The molecule has 0 saturated carbocycles. The fourth-order valence-corrected chi connectivity index (χ4v) is 0.864. The maximum atomic E-state index is 5.00. The summed E-state index contributed by atoms with van der Waals surface area (Å²) >= 11 is 0. The molecule has 120 valence electrons. The van der Waals surface area contributed by atoms with Gasteiger partial charge in [0.05, 0.1) is 12.7 Å². The van der Waals surface area contributed by atoms with Crippen molar-refractivity contribution in [3.8, 4) is 0 Å². The van der Waals surface area contributed by atoms with Crippen molar-refractivity contribution in [3.05, 3.63) is 0 Å². The molecule has 3 heteroatoms. The van der Waals surface area contributed by atoms with Crippen LogP contribution in [0, 0.1) is 5.41 Å².